The molecule has 17 heavy (non-hydrogen) atoms. The van der Waals surface area contributed by atoms with Gasteiger partial charge < -0.3 is 9.52 Å². The number of sulfone groups is 1. The monoisotopic (exact) mass is 260 g/mol. The first kappa shape index (κ1) is 13.8. The molecule has 1 aromatic rings. The van der Waals surface area contributed by atoms with Gasteiger partial charge in [-0.15, -0.1) is 0 Å². The van der Waals surface area contributed by atoms with E-state index in [1.54, 1.807) is 20.8 Å². The molecule has 1 atom stereocenters. The minimum absolute atomic E-state index is 0.176. The van der Waals surface area contributed by atoms with Crippen molar-refractivity contribution in [1.29, 1.82) is 0 Å². The topological polar surface area (TPSA) is 84.6 Å². The van der Waals surface area contributed by atoms with Gasteiger partial charge in [-0.25, -0.2) is 13.2 Å². The molecule has 1 heterocycles. The molecule has 0 saturated heterocycles. The molecule has 0 aliphatic rings. The lowest BCUT2D eigenvalue weighted by molar-refractivity contribution is 0.0661. The van der Waals surface area contributed by atoms with Crippen LogP contribution in [0, 0.1) is 6.92 Å². The van der Waals surface area contributed by atoms with E-state index < -0.39 is 21.1 Å². The van der Waals surface area contributed by atoms with E-state index in [4.69, 9.17) is 9.52 Å². The number of aromatic carboxylic acids is 1. The Kier molecular flexibility index (Phi) is 3.98. The summed E-state index contributed by atoms with van der Waals surface area (Å²) in [6.07, 6.45) is 0.533. The van der Waals surface area contributed by atoms with Crippen molar-refractivity contribution in [2.24, 2.45) is 0 Å². The maximum absolute atomic E-state index is 11.9. The zero-order chi connectivity index (χ0) is 13.2. The minimum atomic E-state index is -3.25. The molecule has 0 bridgehead atoms. The van der Waals surface area contributed by atoms with Gasteiger partial charge in [0.25, 0.3) is 0 Å². The Bertz CT molecular complexity index is 512. The number of furan rings is 1. The number of carbonyl (C=O) groups is 1. The van der Waals surface area contributed by atoms with Gasteiger partial charge in [-0.3, -0.25) is 0 Å². The zero-order valence-corrected chi connectivity index (χ0v) is 10.9. The quantitative estimate of drug-likeness (QED) is 0.875. The Hall–Kier alpha value is -1.30. The first-order chi connectivity index (χ1) is 7.77. The van der Waals surface area contributed by atoms with Gasteiger partial charge in [0.05, 0.1) is 11.0 Å². The normalized spacial score (nSPS) is 13.6. The minimum Gasteiger partial charge on any atom is -0.475 e. The van der Waals surface area contributed by atoms with Gasteiger partial charge in [-0.05, 0) is 26.3 Å². The van der Waals surface area contributed by atoms with Gasteiger partial charge in [-0.1, -0.05) is 6.92 Å². The summed E-state index contributed by atoms with van der Waals surface area (Å²) in [4.78, 5) is 10.7. The van der Waals surface area contributed by atoms with Crippen molar-refractivity contribution in [3.63, 3.8) is 0 Å². The Balaban J connectivity index is 3.00. The van der Waals surface area contributed by atoms with Gasteiger partial charge in [0, 0.05) is 5.56 Å². The first-order valence-electron chi connectivity index (χ1n) is 5.32. The molecule has 1 rings (SSSR count). The number of hydrogen-bond acceptors (Lipinski definition) is 4. The Labute approximate surface area is 100 Å². The van der Waals surface area contributed by atoms with E-state index in [0.717, 1.165) is 0 Å². The van der Waals surface area contributed by atoms with Crippen LogP contribution in [0.4, 0.5) is 0 Å². The maximum Gasteiger partial charge on any atom is 0.371 e. The second kappa shape index (κ2) is 4.91. The van der Waals surface area contributed by atoms with E-state index in [2.05, 4.69) is 0 Å². The number of rotatable bonds is 5. The SMILES string of the molecule is CCC(C)S(=O)(=O)Cc1cc(C(=O)O)oc1C. The maximum atomic E-state index is 11.9. The van der Waals surface area contributed by atoms with Crippen LogP contribution in [0.15, 0.2) is 10.5 Å². The highest BCUT2D eigenvalue weighted by molar-refractivity contribution is 7.91. The highest BCUT2D eigenvalue weighted by atomic mass is 32.2. The number of hydrogen-bond donors (Lipinski definition) is 1. The van der Waals surface area contributed by atoms with Gasteiger partial charge in [0.15, 0.2) is 9.84 Å². The van der Waals surface area contributed by atoms with E-state index in [9.17, 15) is 13.2 Å². The number of aryl methyl sites for hydroxylation is 1. The second-order valence-electron chi connectivity index (χ2n) is 4.02. The largest absolute Gasteiger partial charge is 0.475 e. The predicted octanol–water partition coefficient (Wildman–Crippen LogP) is 2.00. The summed E-state index contributed by atoms with van der Waals surface area (Å²) in [5, 5.41) is 8.29. The van der Waals surface area contributed by atoms with Crippen LogP contribution in [0.2, 0.25) is 0 Å². The molecule has 5 nitrogen and oxygen atoms in total. The predicted molar refractivity (Wildman–Crippen MR) is 62.8 cm³/mol. The molecule has 0 radical (unpaired) electrons. The van der Waals surface area contributed by atoms with Gasteiger partial charge in [0.1, 0.15) is 5.76 Å². The Morgan fingerprint density at radius 3 is 2.53 bits per heavy atom. The Morgan fingerprint density at radius 2 is 2.12 bits per heavy atom. The second-order valence-corrected chi connectivity index (χ2v) is 6.44. The molecule has 0 saturated carbocycles. The molecular weight excluding hydrogens is 244 g/mol. The van der Waals surface area contributed by atoms with Crippen LogP contribution in [-0.2, 0) is 15.6 Å². The fraction of sp³-hybridized carbons (Fsp3) is 0.545. The van der Waals surface area contributed by atoms with Crippen molar-refractivity contribution in [3.8, 4) is 0 Å². The number of carboxylic acid groups (broad SMARTS) is 1. The summed E-state index contributed by atoms with van der Waals surface area (Å²) < 4.78 is 28.7. The van der Waals surface area contributed by atoms with Crippen LogP contribution in [-0.4, -0.2) is 24.7 Å². The van der Waals surface area contributed by atoms with Crippen molar-refractivity contribution in [2.75, 3.05) is 0 Å². The first-order valence-corrected chi connectivity index (χ1v) is 7.03. The summed E-state index contributed by atoms with van der Waals surface area (Å²) in [6, 6.07) is 1.28. The van der Waals surface area contributed by atoms with Crippen molar-refractivity contribution >= 4 is 15.8 Å². The summed E-state index contributed by atoms with van der Waals surface area (Å²) in [5.74, 6) is -1.25. The fourth-order valence-corrected chi connectivity index (χ4v) is 2.89. The zero-order valence-electron chi connectivity index (χ0n) is 10.1. The standard InChI is InChI=1S/C11H16O5S/c1-4-7(2)17(14,15)6-9-5-10(11(12)13)16-8(9)3/h5,7H,4,6H2,1-3H3,(H,12,13). The van der Waals surface area contributed by atoms with Crippen LogP contribution in [0.5, 0.6) is 0 Å². The molecular formula is C11H16O5S. The molecule has 0 aromatic carbocycles. The molecule has 96 valence electrons. The molecule has 6 heteroatoms. The van der Waals surface area contributed by atoms with Crippen LogP contribution in [0.25, 0.3) is 0 Å². The molecule has 0 aliphatic heterocycles. The molecule has 0 spiro atoms. The molecule has 1 aromatic heterocycles. The average molecular weight is 260 g/mol. The third-order valence-corrected chi connectivity index (χ3v) is 5.05. The third kappa shape index (κ3) is 3.09. The average Bonchev–Trinajstić information content (AvgIpc) is 2.58. The molecule has 0 fully saturated rings. The highest BCUT2D eigenvalue weighted by Crippen LogP contribution is 2.20. The highest BCUT2D eigenvalue weighted by Gasteiger charge is 2.23. The van der Waals surface area contributed by atoms with Crippen LogP contribution >= 0.6 is 0 Å². The van der Waals surface area contributed by atoms with E-state index in [1.165, 1.54) is 6.07 Å². The van der Waals surface area contributed by atoms with E-state index in [-0.39, 0.29) is 11.5 Å². The third-order valence-electron chi connectivity index (χ3n) is 2.78. The van der Waals surface area contributed by atoms with Crippen LogP contribution in [0.3, 0.4) is 0 Å². The van der Waals surface area contributed by atoms with Crippen molar-refractivity contribution in [2.45, 2.75) is 38.2 Å². The van der Waals surface area contributed by atoms with Crippen molar-refractivity contribution < 1.29 is 22.7 Å². The van der Waals surface area contributed by atoms with Crippen LogP contribution < -0.4 is 0 Å². The van der Waals surface area contributed by atoms with Gasteiger partial charge in [-0.2, -0.15) is 0 Å². The number of carboxylic acids is 1. The lowest BCUT2D eigenvalue weighted by Gasteiger charge is -2.09. The van der Waals surface area contributed by atoms with E-state index in [0.29, 0.717) is 17.7 Å². The molecule has 0 amide bonds. The van der Waals surface area contributed by atoms with Crippen LogP contribution in [0.1, 0.15) is 42.1 Å². The summed E-state index contributed by atoms with van der Waals surface area (Å²) in [7, 11) is -3.25. The fourth-order valence-electron chi connectivity index (χ4n) is 1.38. The van der Waals surface area contributed by atoms with E-state index >= 15 is 0 Å². The molecule has 1 N–H and O–H groups in total. The lowest BCUT2D eigenvalue weighted by atomic mass is 10.3. The van der Waals surface area contributed by atoms with Crippen molar-refractivity contribution in [1.82, 2.24) is 0 Å². The summed E-state index contributed by atoms with van der Waals surface area (Å²) >= 11 is 0. The lowest BCUT2D eigenvalue weighted by Crippen LogP contribution is -2.18. The Morgan fingerprint density at radius 1 is 1.53 bits per heavy atom. The smallest absolute Gasteiger partial charge is 0.371 e. The molecule has 0 aliphatic carbocycles. The van der Waals surface area contributed by atoms with Gasteiger partial charge in [0.2, 0.25) is 5.76 Å². The molecule has 1 unspecified atom stereocenters. The van der Waals surface area contributed by atoms with Crippen molar-refractivity contribution in [3.05, 3.63) is 23.2 Å². The van der Waals surface area contributed by atoms with Gasteiger partial charge >= 0.3 is 5.97 Å². The summed E-state index contributed by atoms with van der Waals surface area (Å²) in [5.41, 5.74) is 0.419. The van der Waals surface area contributed by atoms with E-state index in [1.807, 2.05) is 0 Å². The summed E-state index contributed by atoms with van der Waals surface area (Å²) in [6.45, 7) is 5.00.